The number of ether oxygens (including phenoxy) is 1. The number of carbonyl (C=O) groups is 1. The highest BCUT2D eigenvalue weighted by Gasteiger charge is 2.21. The molecule has 1 aromatic heterocycles. The lowest BCUT2D eigenvalue weighted by Crippen LogP contribution is -2.06. The maximum atomic E-state index is 10.9. The minimum absolute atomic E-state index is 0.441. The van der Waals surface area contributed by atoms with Crippen molar-refractivity contribution in [2.75, 3.05) is 0 Å². The highest BCUT2D eigenvalue weighted by molar-refractivity contribution is 9.10. The van der Waals surface area contributed by atoms with E-state index in [-0.39, 0.29) is 0 Å². The first kappa shape index (κ1) is 14.7. The van der Waals surface area contributed by atoms with Crippen LogP contribution < -0.4 is 5.73 Å². The van der Waals surface area contributed by atoms with Crippen molar-refractivity contribution in [1.29, 1.82) is 0 Å². The Hall–Kier alpha value is -2.18. The van der Waals surface area contributed by atoms with Crippen molar-refractivity contribution < 1.29 is 9.53 Å². The summed E-state index contributed by atoms with van der Waals surface area (Å²) in [5, 5.41) is 8.19. The van der Waals surface area contributed by atoms with Gasteiger partial charge in [0.25, 0.3) is 6.47 Å². The molecule has 3 aromatic rings. The van der Waals surface area contributed by atoms with E-state index in [1.54, 1.807) is 0 Å². The Morgan fingerprint density at radius 1 is 1.32 bits per heavy atom. The maximum absolute atomic E-state index is 10.9. The second-order valence-electron chi connectivity index (χ2n) is 4.86. The lowest BCUT2D eigenvalue weighted by atomic mass is 10.0. The van der Waals surface area contributed by atoms with Gasteiger partial charge in [-0.05, 0) is 35.4 Å². The fourth-order valence-corrected chi connectivity index (χ4v) is 2.85. The van der Waals surface area contributed by atoms with Crippen LogP contribution >= 0.6 is 15.9 Å². The third-order valence-electron chi connectivity index (χ3n) is 3.48. The molecule has 0 aliphatic carbocycles. The first-order chi connectivity index (χ1) is 10.7. The van der Waals surface area contributed by atoms with Crippen molar-refractivity contribution in [2.45, 2.75) is 12.6 Å². The predicted molar refractivity (Wildman–Crippen MR) is 87.1 cm³/mol. The number of hydrogen-bond donors (Lipinski definition) is 2. The Morgan fingerprint density at radius 2 is 2.18 bits per heavy atom. The number of fused-ring (bicyclic) bond motifs is 1. The van der Waals surface area contributed by atoms with E-state index in [1.165, 1.54) is 0 Å². The molecule has 3 rings (SSSR count). The third-order valence-corrected chi connectivity index (χ3v) is 3.98. The van der Waals surface area contributed by atoms with Gasteiger partial charge in [-0.2, -0.15) is 5.10 Å². The van der Waals surface area contributed by atoms with Gasteiger partial charge in [-0.1, -0.05) is 34.1 Å². The summed E-state index contributed by atoms with van der Waals surface area (Å²) in [6.45, 7) is 0.884. The van der Waals surface area contributed by atoms with Crippen LogP contribution in [0.2, 0.25) is 0 Å². The van der Waals surface area contributed by atoms with E-state index in [2.05, 4.69) is 26.1 Å². The largest absolute Gasteiger partial charge is 0.453 e. The monoisotopic (exact) mass is 359 g/mol. The summed E-state index contributed by atoms with van der Waals surface area (Å²) < 4.78 is 6.20. The van der Waals surface area contributed by atoms with Crippen molar-refractivity contribution in [3.05, 3.63) is 63.8 Å². The molecule has 0 aliphatic heterocycles. The van der Waals surface area contributed by atoms with E-state index in [0.29, 0.717) is 18.7 Å². The summed E-state index contributed by atoms with van der Waals surface area (Å²) in [5.41, 5.74) is 9.08. The molecule has 1 heterocycles. The Labute approximate surface area is 135 Å². The third kappa shape index (κ3) is 2.75. The van der Waals surface area contributed by atoms with Crippen LogP contribution in [0.15, 0.2) is 46.9 Å². The number of nitrogens with zero attached hydrogens (tertiary/aromatic N) is 1. The quantitative estimate of drug-likeness (QED) is 0.686. The summed E-state index contributed by atoms with van der Waals surface area (Å²) in [7, 11) is 0. The summed E-state index contributed by atoms with van der Waals surface area (Å²) in [4.78, 5) is 10.9. The number of carbonyl (C=O) groups excluding carboxylic acids is 1. The molecular weight excluding hydrogens is 346 g/mol. The van der Waals surface area contributed by atoms with Crippen LogP contribution in [0, 0.1) is 0 Å². The Bertz CT molecular complexity index is 816. The first-order valence-electron chi connectivity index (χ1n) is 6.74. The predicted octanol–water partition coefficient (Wildman–Crippen LogP) is 3.05. The molecule has 3 N–H and O–H groups in total. The molecule has 5 nitrogen and oxygen atoms in total. The first-order valence-corrected chi connectivity index (χ1v) is 7.53. The van der Waals surface area contributed by atoms with Crippen LogP contribution in [0.25, 0.3) is 10.9 Å². The smallest absolute Gasteiger partial charge is 0.294 e. The number of nitrogens with two attached hydrogens (primary N) is 1. The number of H-pyrrole nitrogens is 1. The highest BCUT2D eigenvalue weighted by atomic mass is 79.9. The summed E-state index contributed by atoms with van der Waals surface area (Å²) in [6, 6.07) is 13.4. The molecule has 0 saturated carbocycles. The van der Waals surface area contributed by atoms with Crippen LogP contribution in [0.3, 0.4) is 0 Å². The average molecular weight is 360 g/mol. The van der Waals surface area contributed by atoms with Gasteiger partial charge in [-0.25, -0.2) is 0 Å². The second kappa shape index (κ2) is 6.29. The SMILES string of the molecule is NCc1ccc2[nH]nc(C(OC=O)c3cccc(Br)c3)c2c1. The number of rotatable bonds is 5. The average Bonchev–Trinajstić information content (AvgIpc) is 2.95. The Kier molecular flexibility index (Phi) is 4.22. The van der Waals surface area contributed by atoms with Crippen LogP contribution in [0.4, 0.5) is 0 Å². The molecule has 0 fully saturated rings. The summed E-state index contributed by atoms with van der Waals surface area (Å²) >= 11 is 3.43. The van der Waals surface area contributed by atoms with E-state index in [4.69, 9.17) is 10.5 Å². The molecular formula is C16H14BrN3O2. The van der Waals surface area contributed by atoms with Crippen LogP contribution in [-0.2, 0) is 16.1 Å². The zero-order valence-electron chi connectivity index (χ0n) is 11.6. The van der Waals surface area contributed by atoms with Crippen molar-refractivity contribution in [1.82, 2.24) is 10.2 Å². The van der Waals surface area contributed by atoms with Crippen LogP contribution in [0.5, 0.6) is 0 Å². The molecule has 0 spiro atoms. The van der Waals surface area contributed by atoms with Crippen molar-refractivity contribution in [2.24, 2.45) is 5.73 Å². The van der Waals surface area contributed by atoms with Gasteiger partial charge in [0.2, 0.25) is 0 Å². The normalized spacial score (nSPS) is 12.3. The number of nitrogens with one attached hydrogen (secondary N) is 1. The number of halogens is 1. The molecule has 1 unspecified atom stereocenters. The highest BCUT2D eigenvalue weighted by Crippen LogP contribution is 2.31. The molecule has 0 bridgehead atoms. The van der Waals surface area contributed by atoms with E-state index in [0.717, 1.165) is 26.5 Å². The fourth-order valence-electron chi connectivity index (χ4n) is 2.43. The molecule has 2 aromatic carbocycles. The zero-order valence-corrected chi connectivity index (χ0v) is 13.2. The molecule has 0 radical (unpaired) electrons. The minimum Gasteiger partial charge on any atom is -0.453 e. The second-order valence-corrected chi connectivity index (χ2v) is 5.78. The summed E-state index contributed by atoms with van der Waals surface area (Å²) in [5.74, 6) is 0. The van der Waals surface area contributed by atoms with Gasteiger partial charge in [-0.15, -0.1) is 0 Å². The topological polar surface area (TPSA) is 81.0 Å². The minimum atomic E-state index is -0.572. The van der Waals surface area contributed by atoms with Crippen molar-refractivity contribution in [3.63, 3.8) is 0 Å². The van der Waals surface area contributed by atoms with Gasteiger partial charge >= 0.3 is 0 Å². The lowest BCUT2D eigenvalue weighted by Gasteiger charge is -2.14. The molecule has 0 aliphatic rings. The lowest BCUT2D eigenvalue weighted by molar-refractivity contribution is -0.132. The molecule has 112 valence electrons. The number of aromatic nitrogens is 2. The van der Waals surface area contributed by atoms with E-state index in [1.807, 2.05) is 42.5 Å². The van der Waals surface area contributed by atoms with Gasteiger partial charge in [0.1, 0.15) is 5.69 Å². The molecule has 0 amide bonds. The molecule has 1 atom stereocenters. The van der Waals surface area contributed by atoms with Crippen LogP contribution in [-0.4, -0.2) is 16.7 Å². The summed E-state index contributed by atoms with van der Waals surface area (Å²) in [6.07, 6.45) is -0.572. The maximum Gasteiger partial charge on any atom is 0.294 e. The molecule has 0 saturated heterocycles. The number of aromatic amines is 1. The van der Waals surface area contributed by atoms with E-state index in [9.17, 15) is 4.79 Å². The van der Waals surface area contributed by atoms with Crippen LogP contribution in [0.1, 0.15) is 22.9 Å². The standard InChI is InChI=1S/C16H14BrN3O2/c17-12-3-1-2-11(7-12)16(22-9-21)15-13-6-10(8-18)4-5-14(13)19-20-15/h1-7,9,16H,8,18H2,(H,19,20). The van der Waals surface area contributed by atoms with Crippen molar-refractivity contribution in [3.8, 4) is 0 Å². The number of benzene rings is 2. The van der Waals surface area contributed by atoms with E-state index < -0.39 is 6.10 Å². The Morgan fingerprint density at radius 3 is 2.91 bits per heavy atom. The van der Waals surface area contributed by atoms with Gasteiger partial charge in [-0.3, -0.25) is 9.89 Å². The molecule has 6 heteroatoms. The fraction of sp³-hybridized carbons (Fsp3) is 0.125. The molecule has 22 heavy (non-hydrogen) atoms. The van der Waals surface area contributed by atoms with Gasteiger partial charge in [0, 0.05) is 16.4 Å². The number of hydrogen-bond acceptors (Lipinski definition) is 4. The van der Waals surface area contributed by atoms with Crippen molar-refractivity contribution >= 4 is 33.3 Å². The van der Waals surface area contributed by atoms with Gasteiger partial charge < -0.3 is 10.5 Å². The van der Waals surface area contributed by atoms with E-state index >= 15 is 0 Å². The Balaban J connectivity index is 2.14. The van der Waals surface area contributed by atoms with Gasteiger partial charge in [0.15, 0.2) is 6.10 Å². The van der Waals surface area contributed by atoms with Gasteiger partial charge in [0.05, 0.1) is 5.52 Å². The zero-order chi connectivity index (χ0) is 15.5.